The number of aromatic nitrogens is 4. The molecule has 3 rings (SSSR count). The van der Waals surface area contributed by atoms with Crippen molar-refractivity contribution in [2.24, 2.45) is 0 Å². The lowest BCUT2D eigenvalue weighted by molar-refractivity contribution is 0.0493. The van der Waals surface area contributed by atoms with Gasteiger partial charge >= 0.3 is 11.9 Å². The quantitative estimate of drug-likeness (QED) is 0.591. The van der Waals surface area contributed by atoms with Gasteiger partial charge in [-0.1, -0.05) is 0 Å². The van der Waals surface area contributed by atoms with Gasteiger partial charge in [-0.05, 0) is 20.6 Å². The molecular formula is C10H10N6O6. The van der Waals surface area contributed by atoms with Gasteiger partial charge in [0, 0.05) is 0 Å². The molecule has 2 aromatic heterocycles. The molecule has 0 aromatic carbocycles. The zero-order valence-corrected chi connectivity index (χ0v) is 11.1. The van der Waals surface area contributed by atoms with Gasteiger partial charge in [0.05, 0.1) is 13.1 Å². The highest BCUT2D eigenvalue weighted by atomic mass is 16.6. The second kappa shape index (κ2) is 6.07. The molecule has 2 N–H and O–H groups in total. The minimum atomic E-state index is -0.696. The Morgan fingerprint density at radius 1 is 0.727 bits per heavy atom. The zero-order chi connectivity index (χ0) is 15.4. The number of ether oxygens (including phenoxy) is 2. The van der Waals surface area contributed by atoms with Gasteiger partial charge in [-0.2, -0.15) is 0 Å². The topological polar surface area (TPSA) is 154 Å². The summed E-state index contributed by atoms with van der Waals surface area (Å²) in [5, 5.41) is 19.5. The van der Waals surface area contributed by atoms with Crippen LogP contribution in [0.15, 0.2) is 9.26 Å². The van der Waals surface area contributed by atoms with Gasteiger partial charge in [-0.3, -0.25) is 0 Å². The molecule has 0 spiro atoms. The van der Waals surface area contributed by atoms with E-state index < -0.39 is 11.9 Å². The first-order valence-electron chi connectivity index (χ1n) is 6.23. The maximum atomic E-state index is 11.8. The van der Waals surface area contributed by atoms with Crippen LogP contribution in [0.25, 0.3) is 0 Å². The van der Waals surface area contributed by atoms with E-state index in [4.69, 9.17) is 9.47 Å². The summed E-state index contributed by atoms with van der Waals surface area (Å²) in [6.45, 7) is 0.335. The van der Waals surface area contributed by atoms with Gasteiger partial charge in [0.15, 0.2) is 0 Å². The van der Waals surface area contributed by atoms with Crippen molar-refractivity contribution in [1.82, 2.24) is 20.6 Å². The largest absolute Gasteiger partial charge is 0.459 e. The Labute approximate surface area is 122 Å². The highest BCUT2D eigenvalue weighted by molar-refractivity contribution is 5.93. The van der Waals surface area contributed by atoms with E-state index in [9.17, 15) is 9.59 Å². The van der Waals surface area contributed by atoms with Crippen molar-refractivity contribution in [3.8, 4) is 0 Å². The first-order valence-corrected chi connectivity index (χ1v) is 6.23. The lowest BCUT2D eigenvalue weighted by atomic mass is 10.4. The summed E-state index contributed by atoms with van der Waals surface area (Å²) < 4.78 is 18.9. The fraction of sp³-hybridized carbons (Fsp3) is 0.400. The number of nitrogens with one attached hydrogen (secondary N) is 2. The minimum Gasteiger partial charge on any atom is -0.459 e. The number of carbonyl (C=O) groups excluding carboxylic acids is 2. The normalized spacial score (nSPS) is 16.2. The van der Waals surface area contributed by atoms with Crippen LogP contribution >= 0.6 is 0 Å². The van der Waals surface area contributed by atoms with Gasteiger partial charge in [0.25, 0.3) is 0 Å². The molecule has 0 aliphatic carbocycles. The maximum Gasteiger partial charge on any atom is 0.364 e. The van der Waals surface area contributed by atoms with E-state index in [1.807, 2.05) is 0 Å². The molecule has 0 saturated heterocycles. The van der Waals surface area contributed by atoms with Crippen LogP contribution in [0.4, 0.5) is 11.6 Å². The van der Waals surface area contributed by atoms with E-state index >= 15 is 0 Å². The van der Waals surface area contributed by atoms with Crippen molar-refractivity contribution < 1.29 is 28.3 Å². The number of rotatable bonds is 0. The Balaban J connectivity index is 1.75. The van der Waals surface area contributed by atoms with Crippen LogP contribution in [0.1, 0.15) is 21.0 Å². The van der Waals surface area contributed by atoms with E-state index in [0.717, 1.165) is 0 Å². The number of cyclic esters (lactones) is 2. The predicted octanol–water partition coefficient (Wildman–Crippen LogP) is -0.696. The third-order valence-corrected chi connectivity index (χ3v) is 2.62. The number of esters is 2. The second-order valence-corrected chi connectivity index (χ2v) is 4.05. The predicted molar refractivity (Wildman–Crippen MR) is 66.1 cm³/mol. The van der Waals surface area contributed by atoms with E-state index in [1.165, 1.54) is 0 Å². The molecule has 2 aromatic rings. The molecule has 1 aliphatic rings. The van der Waals surface area contributed by atoms with Crippen LogP contribution < -0.4 is 10.6 Å². The zero-order valence-electron chi connectivity index (χ0n) is 11.1. The SMILES string of the molecule is O=C1OCCNc2nonc2C(=O)OCCNc2nonc21. The molecule has 1 aliphatic heterocycles. The van der Waals surface area contributed by atoms with Gasteiger partial charge in [0.2, 0.25) is 23.0 Å². The molecule has 0 amide bonds. The van der Waals surface area contributed by atoms with Crippen molar-refractivity contribution in [1.29, 1.82) is 0 Å². The summed E-state index contributed by atoms with van der Waals surface area (Å²) >= 11 is 0. The lowest BCUT2D eigenvalue weighted by Gasteiger charge is -2.08. The first kappa shape index (κ1) is 13.8. The molecule has 0 saturated carbocycles. The van der Waals surface area contributed by atoms with Crippen LogP contribution in [-0.4, -0.2) is 58.9 Å². The summed E-state index contributed by atoms with van der Waals surface area (Å²) in [6, 6.07) is 0. The van der Waals surface area contributed by atoms with Gasteiger partial charge in [-0.25, -0.2) is 18.8 Å². The van der Waals surface area contributed by atoms with Crippen LogP contribution in [-0.2, 0) is 9.47 Å². The lowest BCUT2D eigenvalue weighted by Crippen LogP contribution is -2.20. The van der Waals surface area contributed by atoms with Crippen LogP contribution in [0.3, 0.4) is 0 Å². The average molecular weight is 310 g/mol. The smallest absolute Gasteiger partial charge is 0.364 e. The number of anilines is 2. The summed E-state index contributed by atoms with van der Waals surface area (Å²) in [5.41, 5.74) is -0.181. The number of carbonyl (C=O) groups is 2. The molecular weight excluding hydrogens is 300 g/mol. The number of hydrogen-bond acceptors (Lipinski definition) is 12. The Kier molecular flexibility index (Phi) is 3.80. The first-order chi connectivity index (χ1) is 10.8. The third kappa shape index (κ3) is 2.79. The third-order valence-electron chi connectivity index (χ3n) is 2.62. The molecule has 12 heteroatoms. The summed E-state index contributed by atoms with van der Waals surface area (Å²) in [4.78, 5) is 23.6. The average Bonchev–Trinajstić information content (AvgIpc) is 3.15. The van der Waals surface area contributed by atoms with Crippen LogP contribution in [0.2, 0.25) is 0 Å². The fourth-order valence-corrected chi connectivity index (χ4v) is 1.64. The molecule has 0 unspecified atom stereocenters. The van der Waals surface area contributed by atoms with Crippen molar-refractivity contribution in [3.05, 3.63) is 11.4 Å². The summed E-state index contributed by atoms with van der Waals surface area (Å²) in [6.07, 6.45) is 0. The van der Waals surface area contributed by atoms with Gasteiger partial charge < -0.3 is 20.1 Å². The summed E-state index contributed by atoms with van der Waals surface area (Å²) in [5.74, 6) is -1.18. The minimum absolute atomic E-state index is 0.00746. The highest BCUT2D eigenvalue weighted by Gasteiger charge is 2.22. The van der Waals surface area contributed by atoms with E-state index in [1.54, 1.807) is 0 Å². The Morgan fingerprint density at radius 3 is 1.64 bits per heavy atom. The molecule has 0 atom stereocenters. The van der Waals surface area contributed by atoms with E-state index in [2.05, 4.69) is 40.5 Å². The van der Waals surface area contributed by atoms with Gasteiger partial charge in [-0.15, -0.1) is 0 Å². The Morgan fingerprint density at radius 2 is 1.18 bits per heavy atom. The van der Waals surface area contributed by atoms with E-state index in [0.29, 0.717) is 0 Å². The standard InChI is InChI=1S/C10H10N6O6/c17-9-6-8(16-22-14-6)12-2-4-20-10(18)5-7(15-21-13-5)11-1-3-19-9/h1-4H2,(H,11,15)(H,12,16). The molecule has 0 fully saturated rings. The van der Waals surface area contributed by atoms with Crippen molar-refractivity contribution >= 4 is 23.6 Å². The maximum absolute atomic E-state index is 11.8. The Hall–Kier alpha value is -3.18. The highest BCUT2D eigenvalue weighted by Crippen LogP contribution is 2.13. The molecule has 12 nitrogen and oxygen atoms in total. The monoisotopic (exact) mass is 310 g/mol. The van der Waals surface area contributed by atoms with Crippen molar-refractivity contribution in [2.75, 3.05) is 36.9 Å². The van der Waals surface area contributed by atoms with Crippen molar-refractivity contribution in [2.45, 2.75) is 0 Å². The van der Waals surface area contributed by atoms with Crippen LogP contribution in [0, 0.1) is 0 Å². The van der Waals surface area contributed by atoms with Crippen LogP contribution in [0.5, 0.6) is 0 Å². The molecule has 0 radical (unpaired) electrons. The van der Waals surface area contributed by atoms with Crippen molar-refractivity contribution in [3.63, 3.8) is 0 Å². The molecule has 116 valence electrons. The molecule has 3 heterocycles. The summed E-state index contributed by atoms with van der Waals surface area (Å²) in [7, 11) is 0. The fourth-order valence-electron chi connectivity index (χ4n) is 1.64. The second-order valence-electron chi connectivity index (χ2n) is 4.05. The Bertz CT molecular complexity index is 623. The number of nitrogens with zero attached hydrogens (tertiary/aromatic N) is 4. The number of fused-ring (bicyclic) bond motifs is 2. The molecule has 22 heavy (non-hydrogen) atoms. The molecule has 0 bridgehead atoms. The number of hydrogen-bond donors (Lipinski definition) is 2. The van der Waals surface area contributed by atoms with E-state index in [-0.39, 0.29) is 49.3 Å². The van der Waals surface area contributed by atoms with Gasteiger partial charge in [0.1, 0.15) is 13.2 Å².